The third kappa shape index (κ3) is 8.45. The molecule has 6 aliphatic carbocycles. The van der Waals surface area contributed by atoms with Gasteiger partial charge in [-0.2, -0.15) is 0 Å². The Hall–Kier alpha value is -0.800. The molecule has 12 atom stereocenters. The minimum absolute atomic E-state index is 0.382. The molecule has 270 valence electrons. The van der Waals surface area contributed by atoms with Crippen LogP contribution in [0.5, 0.6) is 0 Å². The molecular weight excluding hydrogens is 591 g/mol. The topological polar surface area (TPSA) is 84.2 Å². The van der Waals surface area contributed by atoms with E-state index in [4.69, 9.17) is 0 Å². The zero-order valence-corrected chi connectivity index (χ0v) is 30.2. The van der Waals surface area contributed by atoms with Crippen molar-refractivity contribution >= 4 is 0 Å². The highest BCUT2D eigenvalue weighted by Crippen LogP contribution is 2.39. The van der Waals surface area contributed by atoms with Gasteiger partial charge in [-0.25, -0.2) is 0 Å². The first-order valence-corrected chi connectivity index (χ1v) is 21.4. The molecule has 0 aromatic heterocycles. The molecule has 0 aromatic rings. The van der Waals surface area contributed by atoms with E-state index in [0.29, 0.717) is 78.7 Å². The Morgan fingerprint density at radius 2 is 1.10 bits per heavy atom. The maximum absolute atomic E-state index is 4.31. The second kappa shape index (κ2) is 16.7. The van der Waals surface area contributed by atoms with Crippen LogP contribution in [-0.2, 0) is 0 Å². The van der Waals surface area contributed by atoms with E-state index < -0.39 is 0 Å². The van der Waals surface area contributed by atoms with Gasteiger partial charge in [0.05, 0.1) is 30.8 Å². The van der Waals surface area contributed by atoms with E-state index in [1.807, 2.05) is 0 Å². The van der Waals surface area contributed by atoms with Gasteiger partial charge in [-0.05, 0) is 126 Å². The molecule has 12 unspecified atom stereocenters. The Kier molecular flexibility index (Phi) is 11.9. The van der Waals surface area contributed by atoms with Crippen molar-refractivity contribution in [3.05, 3.63) is 24.3 Å². The largest absolute Gasteiger partial charge is 0.299 e. The number of hydrogen-bond donors (Lipinski definition) is 7. The third-order valence-electron chi connectivity index (χ3n) is 14.5. The molecule has 0 bridgehead atoms. The lowest BCUT2D eigenvalue weighted by Crippen LogP contribution is -2.72. The molecule has 0 aromatic carbocycles. The van der Waals surface area contributed by atoms with Crippen LogP contribution in [0.2, 0.25) is 0 Å². The molecule has 0 radical (unpaired) electrons. The minimum Gasteiger partial charge on any atom is -0.299 e. The molecule has 6 fully saturated rings. The van der Waals surface area contributed by atoms with Gasteiger partial charge in [-0.15, -0.1) is 0 Å². The first kappa shape index (κ1) is 34.3. The summed E-state index contributed by atoms with van der Waals surface area (Å²) >= 11 is 0. The van der Waals surface area contributed by atoms with Crippen molar-refractivity contribution in [2.24, 2.45) is 29.6 Å². The Balaban J connectivity index is 0.956. The SMILES string of the molecule is C1=CC(C2NC(C3CCCC(C(NC4CC=CCC4)NC4CCCCC4)C3)NC(C3CCCC(C4NC5CCCCC5N4)C3)N2)CCC1. The van der Waals surface area contributed by atoms with Gasteiger partial charge < -0.3 is 0 Å². The second-order valence-electron chi connectivity index (χ2n) is 17.8. The van der Waals surface area contributed by atoms with Crippen LogP contribution in [0, 0.1) is 29.6 Å². The molecule has 2 aliphatic heterocycles. The van der Waals surface area contributed by atoms with Crippen LogP contribution < -0.4 is 37.2 Å². The van der Waals surface area contributed by atoms with Crippen molar-refractivity contribution in [1.29, 1.82) is 0 Å². The quantitative estimate of drug-likeness (QED) is 0.112. The Labute approximate surface area is 293 Å². The van der Waals surface area contributed by atoms with Crippen LogP contribution in [0.25, 0.3) is 0 Å². The summed E-state index contributed by atoms with van der Waals surface area (Å²) in [5.74, 6) is 3.46. The summed E-state index contributed by atoms with van der Waals surface area (Å²) in [4.78, 5) is 0. The Morgan fingerprint density at radius 1 is 0.458 bits per heavy atom. The lowest BCUT2D eigenvalue weighted by molar-refractivity contribution is 0.0475. The standard InChI is InChI=1S/C41H71N7/c1-4-14-28(15-5-1)37-46-40(48-41(47-37)32-19-13-17-30(27-32)39-44-35-24-10-11-25-36(35)45-39)31-18-12-16-29(26-31)38(42-33-20-6-2-7-21-33)43-34-22-8-3-9-23-34/h2,4,6,14,28-48H,1,3,5,7-13,15-27H2. The maximum Gasteiger partial charge on any atom is 0.0660 e. The van der Waals surface area contributed by atoms with Crippen LogP contribution in [-0.4, -0.2) is 55.0 Å². The van der Waals surface area contributed by atoms with Gasteiger partial charge in [0.2, 0.25) is 0 Å². The second-order valence-corrected chi connectivity index (χ2v) is 17.8. The van der Waals surface area contributed by atoms with Crippen molar-refractivity contribution in [2.75, 3.05) is 0 Å². The van der Waals surface area contributed by atoms with Gasteiger partial charge in [-0.1, -0.05) is 69.2 Å². The fourth-order valence-electron chi connectivity index (χ4n) is 11.7. The predicted octanol–water partition coefficient (Wildman–Crippen LogP) is 6.49. The first-order valence-electron chi connectivity index (χ1n) is 21.4. The minimum atomic E-state index is 0.382. The van der Waals surface area contributed by atoms with E-state index in [1.54, 1.807) is 0 Å². The van der Waals surface area contributed by atoms with Gasteiger partial charge in [0.1, 0.15) is 0 Å². The summed E-state index contributed by atoms with van der Waals surface area (Å²) in [6, 6.07) is 2.76. The van der Waals surface area contributed by atoms with Crippen LogP contribution >= 0.6 is 0 Å². The number of rotatable bonds is 9. The first-order chi connectivity index (χ1) is 23.7. The fourth-order valence-corrected chi connectivity index (χ4v) is 11.7. The molecule has 4 saturated carbocycles. The van der Waals surface area contributed by atoms with Crippen LogP contribution in [0.3, 0.4) is 0 Å². The number of fused-ring (bicyclic) bond motifs is 1. The van der Waals surface area contributed by atoms with Crippen molar-refractivity contribution in [3.8, 4) is 0 Å². The monoisotopic (exact) mass is 662 g/mol. The van der Waals surface area contributed by atoms with E-state index in [2.05, 4.69) is 61.5 Å². The van der Waals surface area contributed by atoms with Crippen molar-refractivity contribution < 1.29 is 0 Å². The molecule has 8 aliphatic rings. The maximum atomic E-state index is 4.31. The summed E-state index contributed by atoms with van der Waals surface area (Å²) in [6.45, 7) is 0. The van der Waals surface area contributed by atoms with E-state index in [-0.39, 0.29) is 0 Å². The number of allylic oxidation sites excluding steroid dienone is 2. The highest BCUT2D eigenvalue weighted by molar-refractivity contribution is 5.04. The molecule has 0 amide bonds. The molecule has 7 heteroatoms. The van der Waals surface area contributed by atoms with E-state index in [9.17, 15) is 0 Å². The molecule has 7 nitrogen and oxygen atoms in total. The smallest absolute Gasteiger partial charge is 0.0660 e. The van der Waals surface area contributed by atoms with Crippen LogP contribution in [0.1, 0.15) is 148 Å². The predicted molar refractivity (Wildman–Crippen MR) is 198 cm³/mol. The van der Waals surface area contributed by atoms with Gasteiger partial charge >= 0.3 is 0 Å². The Bertz CT molecular complexity index is 1040. The van der Waals surface area contributed by atoms with Gasteiger partial charge in [-0.3, -0.25) is 37.2 Å². The van der Waals surface area contributed by atoms with E-state index in [1.165, 1.54) is 148 Å². The van der Waals surface area contributed by atoms with Crippen molar-refractivity contribution in [1.82, 2.24) is 37.2 Å². The molecule has 2 saturated heterocycles. The molecule has 8 rings (SSSR count). The van der Waals surface area contributed by atoms with Crippen LogP contribution in [0.4, 0.5) is 0 Å². The molecule has 2 heterocycles. The van der Waals surface area contributed by atoms with E-state index in [0.717, 1.165) is 5.92 Å². The number of hydrogen-bond acceptors (Lipinski definition) is 7. The van der Waals surface area contributed by atoms with Crippen molar-refractivity contribution in [2.45, 2.75) is 203 Å². The average molecular weight is 662 g/mol. The summed E-state index contributed by atoms with van der Waals surface area (Å²) < 4.78 is 0. The molecule has 7 N–H and O–H groups in total. The molecule has 48 heavy (non-hydrogen) atoms. The van der Waals surface area contributed by atoms with E-state index >= 15 is 0 Å². The highest BCUT2D eigenvalue weighted by atomic mass is 15.4. The summed E-state index contributed by atoms with van der Waals surface area (Å²) in [7, 11) is 0. The van der Waals surface area contributed by atoms with Crippen LogP contribution in [0.15, 0.2) is 24.3 Å². The van der Waals surface area contributed by atoms with Gasteiger partial charge in [0, 0.05) is 30.1 Å². The molecule has 0 spiro atoms. The average Bonchev–Trinajstić information content (AvgIpc) is 3.61. The molecular formula is C41H71N7. The van der Waals surface area contributed by atoms with Gasteiger partial charge in [0.15, 0.2) is 0 Å². The summed E-state index contributed by atoms with van der Waals surface area (Å²) in [6.07, 6.45) is 43.0. The fraction of sp³-hybridized carbons (Fsp3) is 0.902. The zero-order chi connectivity index (χ0) is 32.1. The lowest BCUT2D eigenvalue weighted by atomic mass is 9.75. The number of nitrogens with one attached hydrogen (secondary N) is 7. The van der Waals surface area contributed by atoms with Gasteiger partial charge in [0.25, 0.3) is 0 Å². The summed E-state index contributed by atoms with van der Waals surface area (Å²) in [5, 5.41) is 29.4. The Morgan fingerprint density at radius 3 is 1.79 bits per heavy atom. The third-order valence-corrected chi connectivity index (χ3v) is 14.5. The normalized spacial score (nSPS) is 45.1. The zero-order valence-electron chi connectivity index (χ0n) is 30.2. The highest BCUT2D eigenvalue weighted by Gasteiger charge is 2.44. The lowest BCUT2D eigenvalue weighted by Gasteiger charge is -2.50. The summed E-state index contributed by atoms with van der Waals surface area (Å²) in [5.41, 5.74) is 0. The van der Waals surface area contributed by atoms with Crippen molar-refractivity contribution in [3.63, 3.8) is 0 Å².